The predicted molar refractivity (Wildman–Crippen MR) is 102 cm³/mol. The number of nitrogens with zero attached hydrogens (tertiary/aromatic N) is 3. The van der Waals surface area contributed by atoms with Gasteiger partial charge in [0.05, 0.1) is 16.6 Å². The van der Waals surface area contributed by atoms with Gasteiger partial charge in [-0.25, -0.2) is 14.2 Å². The summed E-state index contributed by atoms with van der Waals surface area (Å²) in [5.74, 6) is -1.90. The molecular weight excluding hydrogens is 440 g/mol. The van der Waals surface area contributed by atoms with E-state index in [-0.39, 0.29) is 16.6 Å². The summed E-state index contributed by atoms with van der Waals surface area (Å²) < 4.78 is 13.8. The third-order valence-corrected chi connectivity index (χ3v) is 7.42. The summed E-state index contributed by atoms with van der Waals surface area (Å²) in [6, 6.07) is 9.00. The van der Waals surface area contributed by atoms with Crippen LogP contribution in [0, 0.1) is 0 Å². The molecule has 4 rings (SSSR count). The van der Waals surface area contributed by atoms with Crippen LogP contribution < -0.4 is 11.4 Å². The van der Waals surface area contributed by atoms with Gasteiger partial charge in [0, 0.05) is 14.2 Å². The fourth-order valence-corrected chi connectivity index (χ4v) is 5.70. The average molecular weight is 453 g/mol. The van der Waals surface area contributed by atoms with E-state index in [4.69, 9.17) is 55.9 Å². The van der Waals surface area contributed by atoms with Crippen LogP contribution in [0.4, 0.5) is 0 Å². The van der Waals surface area contributed by atoms with Crippen LogP contribution in [0.15, 0.2) is 50.0 Å². The Kier molecular flexibility index (Phi) is 4.17. The van der Waals surface area contributed by atoms with Crippen molar-refractivity contribution < 1.29 is 9.47 Å². The van der Waals surface area contributed by atoms with E-state index in [0.717, 1.165) is 19.5 Å². The van der Waals surface area contributed by atoms with E-state index < -0.39 is 27.2 Å². The van der Waals surface area contributed by atoms with Gasteiger partial charge in [-0.2, -0.15) is 9.36 Å². The fraction of sp³-hybridized carbons (Fsp3) is 0.375. The quantitative estimate of drug-likeness (QED) is 0.527. The Morgan fingerprint density at radius 1 is 0.889 bits per heavy atom. The standard InChI is InChI=1S/C16H13Cl4N3O4/c1-26-16(27-2)14(19)10(17)11(18)15(16,20)23-13(25)21(12(24)22(14)23)8-9-6-4-3-5-7-9/h3-7H,8H2,1-2H3/t14-,15+. The van der Waals surface area contributed by atoms with Gasteiger partial charge in [-0.3, -0.25) is 0 Å². The molecular formula is C16H13Cl4N3O4. The molecule has 2 aliphatic rings. The van der Waals surface area contributed by atoms with Crippen LogP contribution >= 0.6 is 46.4 Å². The lowest BCUT2D eigenvalue weighted by Gasteiger charge is -2.38. The molecule has 0 unspecified atom stereocenters. The van der Waals surface area contributed by atoms with Crippen LogP contribution in [0.1, 0.15) is 5.56 Å². The van der Waals surface area contributed by atoms with Crippen molar-refractivity contribution in [3.8, 4) is 0 Å². The maximum atomic E-state index is 13.1. The van der Waals surface area contributed by atoms with E-state index in [1.807, 2.05) is 6.07 Å². The Morgan fingerprint density at radius 2 is 1.33 bits per heavy atom. The molecule has 1 aromatic heterocycles. The number of aromatic nitrogens is 3. The molecule has 2 aromatic rings. The summed E-state index contributed by atoms with van der Waals surface area (Å²) in [4.78, 5) is 22.3. The van der Waals surface area contributed by atoms with E-state index in [2.05, 4.69) is 0 Å². The van der Waals surface area contributed by atoms with Gasteiger partial charge < -0.3 is 9.47 Å². The molecule has 0 radical (unpaired) electrons. The number of halogens is 4. The van der Waals surface area contributed by atoms with Gasteiger partial charge in [-0.05, 0) is 5.56 Å². The van der Waals surface area contributed by atoms with Crippen molar-refractivity contribution >= 4 is 46.4 Å². The third-order valence-electron chi connectivity index (χ3n) is 5.01. The molecule has 0 fully saturated rings. The molecule has 0 N–H and O–H groups in total. The lowest BCUT2D eigenvalue weighted by atomic mass is 10.1. The number of benzene rings is 1. The lowest BCUT2D eigenvalue weighted by Crippen LogP contribution is -2.58. The summed E-state index contributed by atoms with van der Waals surface area (Å²) in [6.07, 6.45) is 0. The number of ether oxygens (including phenoxy) is 2. The smallest absolute Gasteiger partial charge is 0.347 e. The van der Waals surface area contributed by atoms with E-state index in [1.165, 1.54) is 14.2 Å². The van der Waals surface area contributed by atoms with Gasteiger partial charge in [0.1, 0.15) is 0 Å². The number of hydrogen-bond donors (Lipinski definition) is 0. The van der Waals surface area contributed by atoms with Gasteiger partial charge in [0.25, 0.3) is 5.79 Å². The molecule has 1 aliphatic heterocycles. The molecule has 2 bridgehead atoms. The molecule has 1 aromatic carbocycles. The van der Waals surface area contributed by atoms with Crippen LogP contribution in [-0.2, 0) is 26.0 Å². The van der Waals surface area contributed by atoms with Gasteiger partial charge in [0.15, 0.2) is 0 Å². The SMILES string of the molecule is COC1(OC)[C@@]2(Cl)C(Cl)=C(Cl)[C@]1(Cl)n1c(=O)n(Cc3ccccc3)c(=O)n12. The van der Waals surface area contributed by atoms with Crippen molar-refractivity contribution in [3.63, 3.8) is 0 Å². The highest BCUT2D eigenvalue weighted by Crippen LogP contribution is 2.68. The van der Waals surface area contributed by atoms with Crippen LogP contribution in [-0.4, -0.2) is 33.9 Å². The first-order valence-electron chi connectivity index (χ1n) is 7.76. The van der Waals surface area contributed by atoms with E-state index in [0.29, 0.717) is 0 Å². The Labute approximate surface area is 173 Å². The first kappa shape index (κ1) is 19.1. The van der Waals surface area contributed by atoms with Crippen LogP contribution in [0.25, 0.3) is 0 Å². The number of fused-ring (bicyclic) bond motifs is 5. The molecule has 0 saturated carbocycles. The predicted octanol–water partition coefficient (Wildman–Crippen LogP) is 2.35. The minimum Gasteiger partial charge on any atom is -0.347 e. The molecule has 2 heterocycles. The van der Waals surface area contributed by atoms with Gasteiger partial charge >= 0.3 is 11.4 Å². The lowest BCUT2D eigenvalue weighted by molar-refractivity contribution is -0.240. The largest absolute Gasteiger partial charge is 0.349 e. The Bertz CT molecular complexity index is 1030. The maximum absolute atomic E-state index is 13.1. The summed E-state index contributed by atoms with van der Waals surface area (Å²) >= 11 is 26.2. The molecule has 27 heavy (non-hydrogen) atoms. The van der Waals surface area contributed by atoms with Gasteiger partial charge in [0.2, 0.25) is 10.00 Å². The van der Waals surface area contributed by atoms with E-state index in [9.17, 15) is 9.59 Å². The highest BCUT2D eigenvalue weighted by atomic mass is 35.5. The summed E-state index contributed by atoms with van der Waals surface area (Å²) in [6.45, 7) is 0.0215. The highest BCUT2D eigenvalue weighted by molar-refractivity contribution is 6.50. The number of hydrogen-bond acceptors (Lipinski definition) is 4. The topological polar surface area (TPSA) is 67.4 Å². The Hall–Kier alpha value is -1.22. The zero-order valence-electron chi connectivity index (χ0n) is 14.1. The zero-order valence-corrected chi connectivity index (χ0v) is 17.1. The van der Waals surface area contributed by atoms with Crippen molar-refractivity contribution in [1.29, 1.82) is 0 Å². The third kappa shape index (κ3) is 1.88. The molecule has 0 saturated heterocycles. The second kappa shape index (κ2) is 5.89. The highest BCUT2D eigenvalue weighted by Gasteiger charge is 2.82. The monoisotopic (exact) mass is 451 g/mol. The summed E-state index contributed by atoms with van der Waals surface area (Å²) in [5, 5.41) is -0.299. The van der Waals surface area contributed by atoms with Crippen molar-refractivity contribution in [2.45, 2.75) is 22.3 Å². The molecule has 0 spiro atoms. The molecule has 144 valence electrons. The summed E-state index contributed by atoms with van der Waals surface area (Å²) in [7, 11) is 2.55. The zero-order chi connectivity index (χ0) is 19.8. The Morgan fingerprint density at radius 3 is 1.74 bits per heavy atom. The van der Waals surface area contributed by atoms with E-state index >= 15 is 0 Å². The van der Waals surface area contributed by atoms with E-state index in [1.54, 1.807) is 24.3 Å². The van der Waals surface area contributed by atoms with Crippen LogP contribution in [0.2, 0.25) is 0 Å². The number of alkyl halides is 2. The number of methoxy groups -OCH3 is 2. The van der Waals surface area contributed by atoms with Crippen molar-refractivity contribution in [3.05, 3.63) is 66.9 Å². The number of rotatable bonds is 4. The molecule has 1 aliphatic carbocycles. The van der Waals surface area contributed by atoms with Crippen LogP contribution in [0.5, 0.6) is 0 Å². The molecule has 7 nitrogen and oxygen atoms in total. The Balaban J connectivity index is 2.03. The van der Waals surface area contributed by atoms with Crippen molar-refractivity contribution in [2.75, 3.05) is 14.2 Å². The molecule has 2 atom stereocenters. The first-order valence-corrected chi connectivity index (χ1v) is 9.27. The second-order valence-electron chi connectivity index (χ2n) is 6.16. The minimum atomic E-state index is -1.95. The van der Waals surface area contributed by atoms with Crippen molar-refractivity contribution in [2.24, 2.45) is 0 Å². The molecule has 0 amide bonds. The van der Waals surface area contributed by atoms with Gasteiger partial charge in [-0.15, -0.1) is 0 Å². The maximum Gasteiger partial charge on any atom is 0.349 e. The van der Waals surface area contributed by atoms with Crippen LogP contribution in [0.3, 0.4) is 0 Å². The molecule has 11 heteroatoms. The summed E-state index contributed by atoms with van der Waals surface area (Å²) in [5.41, 5.74) is -0.694. The normalized spacial score (nSPS) is 28.1. The second-order valence-corrected chi connectivity index (χ2v) is 8.01. The first-order chi connectivity index (χ1) is 12.7. The van der Waals surface area contributed by atoms with Gasteiger partial charge in [-0.1, -0.05) is 76.7 Å². The minimum absolute atomic E-state index is 0.0215. The van der Waals surface area contributed by atoms with Crippen molar-refractivity contribution in [1.82, 2.24) is 13.9 Å². The average Bonchev–Trinajstić information content (AvgIpc) is 3.08. The fourth-order valence-electron chi connectivity index (χ4n) is 3.81.